The largest absolute Gasteiger partial charge is 0.497 e. The molecule has 0 spiro atoms. The van der Waals surface area contributed by atoms with Crippen LogP contribution >= 0.6 is 11.8 Å². The standard InChI is InChI=1S/C25H33N7O4S/c1-4-12-37-25-29-22(26-9-11-35-2)20-15-28-32(23(20)30-25)10-8-27-24(34)17-13-21(33)31(16-17)18-6-5-7-19(14-18)36-3/h5-7,14-15,17H,4,8-13,16H2,1-3H3,(H,27,34)(H,26,29,30). The van der Waals surface area contributed by atoms with Crippen molar-refractivity contribution in [3.8, 4) is 5.75 Å². The molecule has 1 aliphatic rings. The SMILES string of the molecule is CCCSc1nc(NCCOC)c2cnn(CCNC(=O)C3CC(=O)N(c4cccc(OC)c4)C3)c2n1. The zero-order valence-electron chi connectivity index (χ0n) is 21.4. The Hall–Kier alpha value is -3.38. The van der Waals surface area contributed by atoms with Gasteiger partial charge in [0.1, 0.15) is 11.6 Å². The van der Waals surface area contributed by atoms with Crippen LogP contribution in [0.2, 0.25) is 0 Å². The minimum absolute atomic E-state index is 0.0752. The Bertz CT molecular complexity index is 1230. The second-order valence-electron chi connectivity index (χ2n) is 8.63. The second-order valence-corrected chi connectivity index (χ2v) is 9.69. The lowest BCUT2D eigenvalue weighted by Crippen LogP contribution is -2.35. The number of nitrogens with zero attached hydrogens (tertiary/aromatic N) is 5. The summed E-state index contributed by atoms with van der Waals surface area (Å²) in [5, 5.41) is 12.3. The average molecular weight is 528 g/mol. The van der Waals surface area contributed by atoms with E-state index >= 15 is 0 Å². The molecule has 1 atom stereocenters. The molecule has 198 valence electrons. The number of nitrogens with one attached hydrogen (secondary N) is 2. The van der Waals surface area contributed by atoms with Crippen molar-refractivity contribution in [3.05, 3.63) is 30.5 Å². The van der Waals surface area contributed by atoms with E-state index in [0.29, 0.717) is 49.3 Å². The Morgan fingerprint density at radius 2 is 2.11 bits per heavy atom. The van der Waals surface area contributed by atoms with E-state index in [-0.39, 0.29) is 18.2 Å². The molecule has 2 N–H and O–H groups in total. The number of hydrogen-bond donors (Lipinski definition) is 2. The number of ether oxygens (including phenoxy) is 2. The van der Waals surface area contributed by atoms with Gasteiger partial charge in [-0.15, -0.1) is 0 Å². The summed E-state index contributed by atoms with van der Waals surface area (Å²) in [7, 11) is 3.24. The predicted molar refractivity (Wildman–Crippen MR) is 143 cm³/mol. The van der Waals surface area contributed by atoms with Crippen molar-refractivity contribution >= 4 is 46.1 Å². The summed E-state index contributed by atoms with van der Waals surface area (Å²) >= 11 is 1.60. The maximum atomic E-state index is 12.9. The van der Waals surface area contributed by atoms with Gasteiger partial charge in [0, 0.05) is 50.7 Å². The molecule has 4 rings (SSSR count). The monoisotopic (exact) mass is 527 g/mol. The van der Waals surface area contributed by atoms with Gasteiger partial charge in [-0.1, -0.05) is 24.8 Å². The van der Waals surface area contributed by atoms with E-state index in [1.165, 1.54) is 0 Å². The third kappa shape index (κ3) is 6.50. The maximum Gasteiger partial charge on any atom is 0.227 e. The lowest BCUT2D eigenvalue weighted by molar-refractivity contribution is -0.126. The molecular weight excluding hydrogens is 494 g/mol. The Balaban J connectivity index is 1.39. The number of carbonyl (C=O) groups excluding carboxylic acids is 2. The number of benzene rings is 1. The number of fused-ring (bicyclic) bond motifs is 1. The highest BCUT2D eigenvalue weighted by Crippen LogP contribution is 2.28. The van der Waals surface area contributed by atoms with Crippen molar-refractivity contribution in [2.45, 2.75) is 31.5 Å². The summed E-state index contributed by atoms with van der Waals surface area (Å²) in [5.74, 6) is 1.67. The number of rotatable bonds is 13. The molecular formula is C25H33N7O4S. The van der Waals surface area contributed by atoms with Crippen LogP contribution < -0.4 is 20.3 Å². The van der Waals surface area contributed by atoms with Gasteiger partial charge in [-0.3, -0.25) is 9.59 Å². The van der Waals surface area contributed by atoms with Gasteiger partial charge in [0.2, 0.25) is 11.8 Å². The van der Waals surface area contributed by atoms with E-state index in [1.54, 1.807) is 47.8 Å². The fourth-order valence-electron chi connectivity index (χ4n) is 4.10. The fraction of sp³-hybridized carbons (Fsp3) is 0.480. The molecule has 1 saturated heterocycles. The van der Waals surface area contributed by atoms with E-state index in [9.17, 15) is 9.59 Å². The highest BCUT2D eigenvalue weighted by molar-refractivity contribution is 7.99. The van der Waals surface area contributed by atoms with Crippen molar-refractivity contribution in [2.24, 2.45) is 5.92 Å². The smallest absolute Gasteiger partial charge is 0.227 e. The molecule has 0 saturated carbocycles. The number of carbonyl (C=O) groups is 2. The first-order valence-corrected chi connectivity index (χ1v) is 13.3. The van der Waals surface area contributed by atoms with Gasteiger partial charge in [-0.05, 0) is 18.6 Å². The number of thioether (sulfide) groups is 1. The van der Waals surface area contributed by atoms with Crippen LogP contribution in [0.1, 0.15) is 19.8 Å². The molecule has 11 nitrogen and oxygen atoms in total. The van der Waals surface area contributed by atoms with Crippen LogP contribution in [0.15, 0.2) is 35.6 Å². The van der Waals surface area contributed by atoms with E-state index in [0.717, 1.165) is 29.1 Å². The lowest BCUT2D eigenvalue weighted by Gasteiger charge is -2.17. The first kappa shape index (κ1) is 26.7. The first-order chi connectivity index (χ1) is 18.0. The fourth-order valence-corrected chi connectivity index (χ4v) is 4.80. The summed E-state index contributed by atoms with van der Waals surface area (Å²) in [5.41, 5.74) is 1.44. The van der Waals surface area contributed by atoms with Crippen LogP contribution in [-0.2, 0) is 20.9 Å². The third-order valence-corrected chi connectivity index (χ3v) is 7.05. The summed E-state index contributed by atoms with van der Waals surface area (Å²) in [6, 6.07) is 7.30. The summed E-state index contributed by atoms with van der Waals surface area (Å²) < 4.78 is 12.2. The number of methoxy groups -OCH3 is 2. The molecule has 0 aliphatic carbocycles. The van der Waals surface area contributed by atoms with Crippen LogP contribution in [0.4, 0.5) is 11.5 Å². The molecule has 1 fully saturated rings. The van der Waals surface area contributed by atoms with Crippen LogP contribution in [0.5, 0.6) is 5.75 Å². The summed E-state index contributed by atoms with van der Waals surface area (Å²) in [4.78, 5) is 36.5. The van der Waals surface area contributed by atoms with E-state index in [4.69, 9.17) is 14.5 Å². The first-order valence-electron chi connectivity index (χ1n) is 12.3. The number of hydrogen-bond acceptors (Lipinski definition) is 9. The summed E-state index contributed by atoms with van der Waals surface area (Å²) in [6.07, 6.45) is 2.93. The summed E-state index contributed by atoms with van der Waals surface area (Å²) in [6.45, 7) is 4.44. The van der Waals surface area contributed by atoms with Crippen LogP contribution in [0.3, 0.4) is 0 Å². The normalized spacial score (nSPS) is 15.4. The van der Waals surface area contributed by atoms with E-state index in [1.807, 2.05) is 18.2 Å². The van der Waals surface area contributed by atoms with Crippen LogP contribution in [-0.4, -0.2) is 77.8 Å². The Morgan fingerprint density at radius 3 is 2.89 bits per heavy atom. The average Bonchev–Trinajstić information content (AvgIpc) is 3.51. The Labute approximate surface area is 220 Å². The van der Waals surface area contributed by atoms with Gasteiger partial charge in [0.25, 0.3) is 0 Å². The van der Waals surface area contributed by atoms with Crippen molar-refractivity contribution in [1.29, 1.82) is 0 Å². The Morgan fingerprint density at radius 1 is 1.24 bits per heavy atom. The van der Waals surface area contributed by atoms with Gasteiger partial charge >= 0.3 is 0 Å². The number of anilines is 2. The number of aromatic nitrogens is 4. The van der Waals surface area contributed by atoms with Gasteiger partial charge in [0.05, 0.1) is 37.8 Å². The molecule has 2 amide bonds. The minimum atomic E-state index is -0.413. The molecule has 0 radical (unpaired) electrons. The quantitative estimate of drug-likeness (QED) is 0.196. The molecule has 37 heavy (non-hydrogen) atoms. The highest BCUT2D eigenvalue weighted by Gasteiger charge is 2.35. The van der Waals surface area contributed by atoms with E-state index < -0.39 is 5.92 Å². The van der Waals surface area contributed by atoms with Crippen molar-refractivity contribution in [1.82, 2.24) is 25.1 Å². The molecule has 0 bridgehead atoms. The van der Waals surface area contributed by atoms with Crippen LogP contribution in [0.25, 0.3) is 11.0 Å². The van der Waals surface area contributed by atoms with Gasteiger partial charge in [-0.2, -0.15) is 5.10 Å². The zero-order valence-corrected chi connectivity index (χ0v) is 22.2. The molecule has 2 aromatic heterocycles. The van der Waals surface area contributed by atoms with Gasteiger partial charge in [0.15, 0.2) is 10.8 Å². The Kier molecular flexibility index (Phi) is 9.18. The maximum absolute atomic E-state index is 12.9. The minimum Gasteiger partial charge on any atom is -0.497 e. The number of amides is 2. The zero-order chi connectivity index (χ0) is 26.2. The lowest BCUT2D eigenvalue weighted by atomic mass is 10.1. The second kappa shape index (κ2) is 12.7. The molecule has 1 unspecified atom stereocenters. The topological polar surface area (TPSA) is 123 Å². The molecule has 1 aliphatic heterocycles. The highest BCUT2D eigenvalue weighted by atomic mass is 32.2. The molecule has 3 heterocycles. The van der Waals surface area contributed by atoms with Crippen LogP contribution in [0, 0.1) is 5.92 Å². The third-order valence-electron chi connectivity index (χ3n) is 5.99. The predicted octanol–water partition coefficient (Wildman–Crippen LogP) is 2.56. The van der Waals surface area contributed by atoms with Crippen molar-refractivity contribution < 1.29 is 19.1 Å². The molecule has 12 heteroatoms. The molecule has 3 aromatic rings. The molecule has 1 aromatic carbocycles. The van der Waals surface area contributed by atoms with Crippen molar-refractivity contribution in [2.75, 3.05) is 56.4 Å². The van der Waals surface area contributed by atoms with Gasteiger partial charge in [-0.25, -0.2) is 14.6 Å². The van der Waals surface area contributed by atoms with Gasteiger partial charge < -0.3 is 25.0 Å². The van der Waals surface area contributed by atoms with E-state index in [2.05, 4.69) is 27.6 Å². The van der Waals surface area contributed by atoms with Crippen molar-refractivity contribution in [3.63, 3.8) is 0 Å².